The molecule has 0 aliphatic rings. The highest BCUT2D eigenvalue weighted by Crippen LogP contribution is 2.05. The Morgan fingerprint density at radius 3 is 2.47 bits per heavy atom. The lowest BCUT2D eigenvalue weighted by molar-refractivity contribution is 0.0950. The third-order valence-corrected chi connectivity index (χ3v) is 3.82. The monoisotopic (exact) mass is 289 g/mol. The van der Waals surface area contributed by atoms with E-state index >= 15 is 0 Å². The van der Waals surface area contributed by atoms with Crippen LogP contribution in [0.3, 0.4) is 0 Å². The summed E-state index contributed by atoms with van der Waals surface area (Å²) < 4.78 is 39.2. The first-order valence-corrected chi connectivity index (χ1v) is 6.98. The molecule has 0 radical (unpaired) electrons. The zero-order valence-electron chi connectivity index (χ0n) is 10.7. The maximum absolute atomic E-state index is 13.3. The van der Waals surface area contributed by atoms with Crippen molar-refractivity contribution in [3.05, 3.63) is 35.6 Å². The minimum absolute atomic E-state index is 0.0285. The summed E-state index contributed by atoms with van der Waals surface area (Å²) >= 11 is 0. The van der Waals surface area contributed by atoms with Crippen molar-refractivity contribution in [2.45, 2.75) is 0 Å². The fourth-order valence-electron chi connectivity index (χ4n) is 1.23. The number of nitrogens with zero attached hydrogens (tertiary/aromatic N) is 1. The molecule has 2 N–H and O–H groups in total. The lowest BCUT2D eigenvalue weighted by atomic mass is 10.2. The first-order valence-electron chi connectivity index (χ1n) is 5.54. The largest absolute Gasteiger partial charge is 0.351 e. The van der Waals surface area contributed by atoms with Gasteiger partial charge >= 0.3 is 0 Å². The van der Waals surface area contributed by atoms with Crippen LogP contribution in [0.15, 0.2) is 24.3 Å². The van der Waals surface area contributed by atoms with Crippen molar-refractivity contribution in [2.75, 3.05) is 27.2 Å². The van der Waals surface area contributed by atoms with E-state index < -0.39 is 21.9 Å². The van der Waals surface area contributed by atoms with Crippen molar-refractivity contribution < 1.29 is 17.6 Å². The average molecular weight is 289 g/mol. The van der Waals surface area contributed by atoms with E-state index in [1.165, 1.54) is 32.3 Å². The van der Waals surface area contributed by atoms with Crippen molar-refractivity contribution in [2.24, 2.45) is 0 Å². The molecule has 0 saturated heterocycles. The lowest BCUT2D eigenvalue weighted by Crippen LogP contribution is -2.40. The molecule has 1 amide bonds. The van der Waals surface area contributed by atoms with Crippen molar-refractivity contribution >= 4 is 16.1 Å². The van der Waals surface area contributed by atoms with E-state index in [0.29, 0.717) is 0 Å². The Labute approximate surface area is 111 Å². The number of halogens is 1. The van der Waals surface area contributed by atoms with E-state index in [2.05, 4.69) is 10.0 Å². The number of carbonyl (C=O) groups excluding carboxylic acids is 1. The maximum Gasteiger partial charge on any atom is 0.278 e. The number of benzene rings is 1. The highest BCUT2D eigenvalue weighted by Gasteiger charge is 2.13. The standard InChI is InChI=1S/C11H16FN3O3S/c1-15(2)19(17,18)14-8-7-13-11(16)9-5-3-4-6-10(9)12/h3-6,14H,7-8H2,1-2H3,(H,13,16). The van der Waals surface area contributed by atoms with Gasteiger partial charge in [-0.25, -0.2) is 9.11 Å². The maximum atomic E-state index is 13.3. The number of rotatable bonds is 6. The number of hydrogen-bond acceptors (Lipinski definition) is 3. The molecule has 1 aromatic carbocycles. The molecule has 0 fully saturated rings. The van der Waals surface area contributed by atoms with Gasteiger partial charge in [0.2, 0.25) is 0 Å². The van der Waals surface area contributed by atoms with Gasteiger partial charge in [0.25, 0.3) is 16.1 Å². The first kappa shape index (κ1) is 15.5. The lowest BCUT2D eigenvalue weighted by Gasteiger charge is -2.12. The van der Waals surface area contributed by atoms with Crippen molar-refractivity contribution in [1.82, 2.24) is 14.3 Å². The minimum Gasteiger partial charge on any atom is -0.351 e. The van der Waals surface area contributed by atoms with Gasteiger partial charge in [0.1, 0.15) is 5.82 Å². The van der Waals surface area contributed by atoms with Gasteiger partial charge in [-0.05, 0) is 12.1 Å². The molecule has 1 rings (SSSR count). The molecule has 106 valence electrons. The molecular formula is C11H16FN3O3S. The molecule has 6 nitrogen and oxygen atoms in total. The molecule has 0 heterocycles. The SMILES string of the molecule is CN(C)S(=O)(=O)NCCNC(=O)c1ccccc1F. The molecule has 0 saturated carbocycles. The molecule has 8 heteroatoms. The van der Waals surface area contributed by atoms with Gasteiger partial charge in [-0.1, -0.05) is 12.1 Å². The summed E-state index contributed by atoms with van der Waals surface area (Å²) in [5.41, 5.74) is -0.0713. The van der Waals surface area contributed by atoms with Crippen LogP contribution in [-0.2, 0) is 10.2 Å². The molecule has 0 aliphatic heterocycles. The van der Waals surface area contributed by atoms with Gasteiger partial charge in [0.15, 0.2) is 0 Å². The second kappa shape index (κ2) is 6.60. The average Bonchev–Trinajstić information content (AvgIpc) is 2.34. The van der Waals surface area contributed by atoms with E-state index in [1.54, 1.807) is 6.07 Å². The van der Waals surface area contributed by atoms with Crippen LogP contribution in [0.25, 0.3) is 0 Å². The molecule has 19 heavy (non-hydrogen) atoms. The Bertz CT molecular complexity index is 546. The van der Waals surface area contributed by atoms with E-state index in [4.69, 9.17) is 0 Å². The zero-order chi connectivity index (χ0) is 14.5. The van der Waals surface area contributed by atoms with Crippen LogP contribution in [0, 0.1) is 5.82 Å². The highest BCUT2D eigenvalue weighted by atomic mass is 32.2. The summed E-state index contributed by atoms with van der Waals surface area (Å²) in [5, 5.41) is 2.43. The Morgan fingerprint density at radius 2 is 1.89 bits per heavy atom. The van der Waals surface area contributed by atoms with E-state index in [9.17, 15) is 17.6 Å². The second-order valence-corrected chi connectivity index (χ2v) is 5.89. The minimum atomic E-state index is -3.51. The predicted molar refractivity (Wildman–Crippen MR) is 69.3 cm³/mol. The third-order valence-electron chi connectivity index (χ3n) is 2.29. The number of amides is 1. The van der Waals surface area contributed by atoms with Gasteiger partial charge in [-0.15, -0.1) is 0 Å². The molecule has 0 aliphatic carbocycles. The van der Waals surface area contributed by atoms with Gasteiger partial charge in [-0.2, -0.15) is 12.7 Å². The van der Waals surface area contributed by atoms with Gasteiger partial charge in [0, 0.05) is 27.2 Å². The molecule has 0 bridgehead atoms. The highest BCUT2D eigenvalue weighted by molar-refractivity contribution is 7.87. The van der Waals surface area contributed by atoms with Gasteiger partial charge in [-0.3, -0.25) is 4.79 Å². The van der Waals surface area contributed by atoms with Crippen LogP contribution in [0.2, 0.25) is 0 Å². The second-order valence-electron chi connectivity index (χ2n) is 3.92. The third kappa shape index (κ3) is 4.58. The summed E-state index contributed by atoms with van der Waals surface area (Å²) in [6.07, 6.45) is 0. The summed E-state index contributed by atoms with van der Waals surface area (Å²) in [4.78, 5) is 11.6. The summed E-state index contributed by atoms with van der Waals surface area (Å²) in [6, 6.07) is 5.57. The number of carbonyl (C=O) groups is 1. The fourth-order valence-corrected chi connectivity index (χ4v) is 1.84. The molecular weight excluding hydrogens is 273 g/mol. The molecule has 1 aromatic rings. The number of nitrogens with one attached hydrogen (secondary N) is 2. The Morgan fingerprint density at radius 1 is 1.26 bits per heavy atom. The van der Waals surface area contributed by atoms with E-state index in [0.717, 1.165) is 4.31 Å². The Balaban J connectivity index is 2.43. The normalized spacial score (nSPS) is 11.6. The van der Waals surface area contributed by atoms with Crippen LogP contribution in [0.4, 0.5) is 4.39 Å². The Kier molecular flexibility index (Phi) is 5.40. The smallest absolute Gasteiger partial charge is 0.278 e. The van der Waals surface area contributed by atoms with Gasteiger partial charge < -0.3 is 5.32 Å². The molecule has 0 atom stereocenters. The number of hydrogen-bond donors (Lipinski definition) is 2. The summed E-state index contributed by atoms with van der Waals surface area (Å²) in [6.45, 7) is 0.0982. The van der Waals surface area contributed by atoms with Crippen LogP contribution >= 0.6 is 0 Å². The molecule has 0 unspecified atom stereocenters. The quantitative estimate of drug-likeness (QED) is 0.721. The van der Waals surface area contributed by atoms with E-state index in [1.807, 2.05) is 0 Å². The molecule has 0 aromatic heterocycles. The van der Waals surface area contributed by atoms with Crippen molar-refractivity contribution in [3.63, 3.8) is 0 Å². The van der Waals surface area contributed by atoms with Gasteiger partial charge in [0.05, 0.1) is 5.56 Å². The zero-order valence-corrected chi connectivity index (χ0v) is 11.5. The van der Waals surface area contributed by atoms with Crippen LogP contribution in [0.1, 0.15) is 10.4 Å². The topological polar surface area (TPSA) is 78.5 Å². The van der Waals surface area contributed by atoms with Crippen LogP contribution in [-0.4, -0.2) is 45.8 Å². The predicted octanol–water partition coefficient (Wildman–Crippen LogP) is -0.0485. The fraction of sp³-hybridized carbons (Fsp3) is 0.364. The van der Waals surface area contributed by atoms with Crippen LogP contribution in [0.5, 0.6) is 0 Å². The first-order chi connectivity index (χ1) is 8.84. The Hall–Kier alpha value is -1.51. The van der Waals surface area contributed by atoms with Crippen LogP contribution < -0.4 is 10.0 Å². The van der Waals surface area contributed by atoms with E-state index in [-0.39, 0.29) is 18.7 Å². The summed E-state index contributed by atoms with van der Waals surface area (Å²) in [5.74, 6) is -1.20. The van der Waals surface area contributed by atoms with Crippen molar-refractivity contribution in [1.29, 1.82) is 0 Å². The summed E-state index contributed by atoms with van der Waals surface area (Å²) in [7, 11) is -0.733. The van der Waals surface area contributed by atoms with Crippen molar-refractivity contribution in [3.8, 4) is 0 Å². The molecule has 0 spiro atoms.